The lowest BCUT2D eigenvalue weighted by Crippen LogP contribution is -2.11. The van der Waals surface area contributed by atoms with Crippen LogP contribution in [0.3, 0.4) is 0 Å². The van der Waals surface area contributed by atoms with E-state index in [0.29, 0.717) is 18.9 Å². The highest BCUT2D eigenvalue weighted by molar-refractivity contribution is 5.45. The maximum atomic E-state index is 12.7. The summed E-state index contributed by atoms with van der Waals surface area (Å²) in [5, 5.41) is 12.2. The van der Waals surface area contributed by atoms with Gasteiger partial charge in [-0.15, -0.1) is 0 Å². The van der Waals surface area contributed by atoms with Gasteiger partial charge in [0.15, 0.2) is 0 Å². The van der Waals surface area contributed by atoms with Crippen LogP contribution in [0.2, 0.25) is 0 Å². The monoisotopic (exact) mass is 261 g/mol. The first-order valence-electron chi connectivity index (χ1n) is 6.10. The second-order valence-corrected chi connectivity index (χ2v) is 4.09. The second kappa shape index (κ2) is 6.75. The zero-order valence-corrected chi connectivity index (χ0v) is 10.5. The zero-order valence-electron chi connectivity index (χ0n) is 10.5. The maximum Gasteiger partial charge on any atom is 0.123 e. The first-order chi connectivity index (χ1) is 9.28. The van der Waals surface area contributed by atoms with Crippen LogP contribution >= 0.6 is 0 Å². The summed E-state index contributed by atoms with van der Waals surface area (Å²) in [6.07, 6.45) is 0. The summed E-state index contributed by atoms with van der Waals surface area (Å²) in [6, 6.07) is 13.5. The molecule has 2 rings (SSSR count). The number of rotatable bonds is 6. The van der Waals surface area contributed by atoms with Gasteiger partial charge in [-0.1, -0.05) is 12.1 Å². The van der Waals surface area contributed by atoms with Crippen LogP contribution in [-0.4, -0.2) is 18.3 Å². The van der Waals surface area contributed by atoms with Crippen molar-refractivity contribution in [2.24, 2.45) is 0 Å². The fourth-order valence-electron chi connectivity index (χ4n) is 1.67. The van der Waals surface area contributed by atoms with Crippen molar-refractivity contribution in [3.8, 4) is 5.75 Å². The average Bonchev–Trinajstić information content (AvgIpc) is 2.46. The number of hydrogen-bond donors (Lipinski definition) is 2. The summed E-state index contributed by atoms with van der Waals surface area (Å²) in [7, 11) is 0. The predicted octanol–water partition coefficient (Wildman–Crippen LogP) is 2.81. The Hall–Kier alpha value is -2.07. The zero-order chi connectivity index (χ0) is 13.5. The average molecular weight is 261 g/mol. The van der Waals surface area contributed by atoms with Crippen LogP contribution in [0.15, 0.2) is 48.5 Å². The van der Waals surface area contributed by atoms with Gasteiger partial charge in [0.2, 0.25) is 0 Å². The highest BCUT2D eigenvalue weighted by atomic mass is 19.1. The highest BCUT2D eigenvalue weighted by Gasteiger charge is 1.96. The Morgan fingerprint density at radius 3 is 2.63 bits per heavy atom. The number of hydrogen-bond acceptors (Lipinski definition) is 3. The minimum atomic E-state index is -0.272. The molecule has 2 N–H and O–H groups in total. The largest absolute Gasteiger partial charge is 0.492 e. The molecule has 0 saturated carbocycles. The third kappa shape index (κ3) is 4.26. The highest BCUT2D eigenvalue weighted by Crippen LogP contribution is 2.12. The third-order valence-corrected chi connectivity index (χ3v) is 2.62. The quantitative estimate of drug-likeness (QED) is 0.786. The van der Waals surface area contributed by atoms with Crippen LogP contribution in [0.4, 0.5) is 10.1 Å². The molecule has 0 unspecified atom stereocenters. The van der Waals surface area contributed by atoms with E-state index in [-0.39, 0.29) is 12.4 Å². The Kier molecular flexibility index (Phi) is 4.75. The minimum Gasteiger partial charge on any atom is -0.492 e. The molecule has 0 aliphatic heterocycles. The van der Waals surface area contributed by atoms with E-state index >= 15 is 0 Å². The van der Waals surface area contributed by atoms with E-state index in [1.54, 1.807) is 12.1 Å². The Bertz CT molecular complexity index is 514. The Balaban J connectivity index is 1.75. The topological polar surface area (TPSA) is 41.5 Å². The summed E-state index contributed by atoms with van der Waals surface area (Å²) in [5.41, 5.74) is 1.80. The van der Waals surface area contributed by atoms with Crippen molar-refractivity contribution in [3.63, 3.8) is 0 Å². The number of benzene rings is 2. The van der Waals surface area contributed by atoms with Crippen LogP contribution in [0.5, 0.6) is 5.75 Å². The Morgan fingerprint density at radius 1 is 1.11 bits per heavy atom. The van der Waals surface area contributed by atoms with Crippen molar-refractivity contribution < 1.29 is 14.2 Å². The number of anilines is 1. The van der Waals surface area contributed by atoms with Crippen molar-refractivity contribution in [1.82, 2.24) is 0 Å². The number of nitrogens with one attached hydrogen (secondary N) is 1. The molecular weight excluding hydrogens is 245 g/mol. The summed E-state index contributed by atoms with van der Waals surface area (Å²) < 4.78 is 18.1. The SMILES string of the molecule is OCc1cccc(NCCOc2ccc(F)cc2)c1. The molecule has 0 aliphatic rings. The first kappa shape index (κ1) is 13.4. The van der Waals surface area contributed by atoms with Crippen molar-refractivity contribution in [2.75, 3.05) is 18.5 Å². The van der Waals surface area contributed by atoms with Gasteiger partial charge in [0, 0.05) is 12.2 Å². The van der Waals surface area contributed by atoms with Gasteiger partial charge >= 0.3 is 0 Å². The van der Waals surface area contributed by atoms with E-state index in [1.165, 1.54) is 12.1 Å². The van der Waals surface area contributed by atoms with Crippen LogP contribution in [0.25, 0.3) is 0 Å². The number of halogens is 1. The summed E-state index contributed by atoms with van der Waals surface area (Å²) in [6.45, 7) is 1.14. The lowest BCUT2D eigenvalue weighted by Gasteiger charge is -2.09. The molecule has 0 radical (unpaired) electrons. The van der Waals surface area contributed by atoms with E-state index < -0.39 is 0 Å². The van der Waals surface area contributed by atoms with Crippen molar-refractivity contribution in [3.05, 3.63) is 59.9 Å². The lowest BCUT2D eigenvalue weighted by atomic mass is 10.2. The fraction of sp³-hybridized carbons (Fsp3) is 0.200. The van der Waals surface area contributed by atoms with Crippen molar-refractivity contribution in [2.45, 2.75) is 6.61 Å². The Morgan fingerprint density at radius 2 is 1.89 bits per heavy atom. The van der Waals surface area contributed by atoms with Gasteiger partial charge in [0.1, 0.15) is 18.2 Å². The van der Waals surface area contributed by atoms with Crippen molar-refractivity contribution in [1.29, 1.82) is 0 Å². The van der Waals surface area contributed by atoms with E-state index in [1.807, 2.05) is 24.3 Å². The van der Waals surface area contributed by atoms with Gasteiger partial charge in [-0.05, 0) is 42.0 Å². The summed E-state index contributed by atoms with van der Waals surface area (Å²) >= 11 is 0. The Labute approximate surface area is 111 Å². The van der Waals surface area contributed by atoms with Crippen molar-refractivity contribution >= 4 is 5.69 Å². The number of aliphatic hydroxyl groups is 1. The molecule has 0 bridgehead atoms. The maximum absolute atomic E-state index is 12.7. The standard InChI is InChI=1S/C15H16FNO2/c16-13-4-6-15(7-5-13)19-9-8-17-14-3-1-2-12(10-14)11-18/h1-7,10,17-18H,8-9,11H2. The molecule has 19 heavy (non-hydrogen) atoms. The minimum absolute atomic E-state index is 0.0294. The van der Waals surface area contributed by atoms with Crippen LogP contribution in [0.1, 0.15) is 5.56 Å². The van der Waals surface area contributed by atoms with E-state index in [4.69, 9.17) is 9.84 Å². The molecule has 0 spiro atoms. The van der Waals surface area contributed by atoms with Crippen LogP contribution in [-0.2, 0) is 6.61 Å². The molecule has 3 nitrogen and oxygen atoms in total. The van der Waals surface area contributed by atoms with Gasteiger partial charge in [0.05, 0.1) is 6.61 Å². The molecule has 0 saturated heterocycles. The van der Waals surface area contributed by atoms with E-state index in [0.717, 1.165) is 11.3 Å². The van der Waals surface area contributed by atoms with E-state index in [9.17, 15) is 4.39 Å². The van der Waals surface area contributed by atoms with Gasteiger partial charge in [0.25, 0.3) is 0 Å². The molecule has 0 amide bonds. The van der Waals surface area contributed by atoms with Crippen LogP contribution in [0, 0.1) is 5.82 Å². The van der Waals surface area contributed by atoms with Gasteiger partial charge in [-0.25, -0.2) is 4.39 Å². The molecule has 4 heteroatoms. The molecule has 0 aliphatic carbocycles. The molecule has 0 atom stereocenters. The van der Waals surface area contributed by atoms with Gasteiger partial charge < -0.3 is 15.2 Å². The van der Waals surface area contributed by atoms with Gasteiger partial charge in [-0.2, -0.15) is 0 Å². The summed E-state index contributed by atoms with van der Waals surface area (Å²) in [5.74, 6) is 0.374. The molecular formula is C15H16FNO2. The summed E-state index contributed by atoms with van der Waals surface area (Å²) in [4.78, 5) is 0. The number of ether oxygens (including phenoxy) is 1. The fourth-order valence-corrected chi connectivity index (χ4v) is 1.67. The molecule has 2 aromatic rings. The predicted molar refractivity (Wildman–Crippen MR) is 72.7 cm³/mol. The third-order valence-electron chi connectivity index (χ3n) is 2.62. The molecule has 0 heterocycles. The molecule has 0 fully saturated rings. The normalized spacial score (nSPS) is 10.2. The smallest absolute Gasteiger partial charge is 0.123 e. The lowest BCUT2D eigenvalue weighted by molar-refractivity contribution is 0.282. The molecule has 0 aromatic heterocycles. The molecule has 100 valence electrons. The number of aliphatic hydroxyl groups excluding tert-OH is 1. The first-order valence-corrected chi connectivity index (χ1v) is 6.10. The second-order valence-electron chi connectivity index (χ2n) is 4.09. The van der Waals surface area contributed by atoms with Gasteiger partial charge in [-0.3, -0.25) is 0 Å². The van der Waals surface area contributed by atoms with Crippen LogP contribution < -0.4 is 10.1 Å². The van der Waals surface area contributed by atoms with E-state index in [2.05, 4.69) is 5.32 Å². The molecule has 2 aromatic carbocycles.